The third-order valence-electron chi connectivity index (χ3n) is 3.35. The van der Waals surface area contributed by atoms with Gasteiger partial charge in [0.05, 0.1) is 11.7 Å². The normalized spacial score (nSPS) is 17.6. The van der Waals surface area contributed by atoms with Crippen LogP contribution < -0.4 is 10.1 Å². The van der Waals surface area contributed by atoms with Crippen LogP contribution in [0.2, 0.25) is 0 Å². The molecule has 0 saturated carbocycles. The van der Waals surface area contributed by atoms with Gasteiger partial charge in [0.15, 0.2) is 0 Å². The minimum Gasteiger partial charge on any atom is -0.489 e. The zero-order chi connectivity index (χ0) is 12.5. The molecule has 1 N–H and O–H groups in total. The van der Waals surface area contributed by atoms with Crippen molar-refractivity contribution in [2.45, 2.75) is 19.9 Å². The predicted molar refractivity (Wildman–Crippen MR) is 74.2 cm³/mol. The summed E-state index contributed by atoms with van der Waals surface area (Å²) in [5, 5.41) is 3.55. The fraction of sp³-hybridized carbons (Fsp3) is 0.250. The van der Waals surface area contributed by atoms with Crippen LogP contribution >= 0.6 is 0 Å². The quantitative estimate of drug-likeness (QED) is 0.816. The number of nitrogens with one attached hydrogen (secondary N) is 1. The first-order valence-electron chi connectivity index (χ1n) is 6.29. The van der Waals surface area contributed by atoms with Crippen LogP contribution in [0, 0.1) is 13.8 Å². The first-order valence-corrected chi connectivity index (χ1v) is 6.29. The summed E-state index contributed by atoms with van der Waals surface area (Å²) in [5.74, 6) is 0.948. The molecule has 0 amide bonds. The molecule has 2 nitrogen and oxygen atoms in total. The number of hydrogen-bond acceptors (Lipinski definition) is 2. The summed E-state index contributed by atoms with van der Waals surface area (Å²) >= 11 is 0. The van der Waals surface area contributed by atoms with Crippen molar-refractivity contribution >= 4 is 5.69 Å². The number of fused-ring (bicyclic) bond motifs is 1. The molecule has 0 radical (unpaired) electrons. The smallest absolute Gasteiger partial charge is 0.142 e. The van der Waals surface area contributed by atoms with Crippen molar-refractivity contribution in [3.8, 4) is 5.75 Å². The fourth-order valence-corrected chi connectivity index (χ4v) is 2.26. The second-order valence-electron chi connectivity index (χ2n) is 4.92. The van der Waals surface area contributed by atoms with Gasteiger partial charge in [0.25, 0.3) is 0 Å². The van der Waals surface area contributed by atoms with Crippen LogP contribution in [0.5, 0.6) is 5.75 Å². The van der Waals surface area contributed by atoms with E-state index in [1.807, 2.05) is 6.07 Å². The van der Waals surface area contributed by atoms with Crippen molar-refractivity contribution in [3.63, 3.8) is 0 Å². The number of rotatable bonds is 1. The van der Waals surface area contributed by atoms with E-state index >= 15 is 0 Å². The lowest BCUT2D eigenvalue weighted by Crippen LogP contribution is -2.23. The maximum Gasteiger partial charge on any atom is 0.142 e. The van der Waals surface area contributed by atoms with Crippen molar-refractivity contribution in [2.75, 3.05) is 11.9 Å². The van der Waals surface area contributed by atoms with Crippen LogP contribution in [0.25, 0.3) is 0 Å². The second-order valence-corrected chi connectivity index (χ2v) is 4.92. The molecule has 3 rings (SSSR count). The summed E-state index contributed by atoms with van der Waals surface area (Å²) < 4.78 is 5.81. The molecule has 1 atom stereocenters. The minimum atomic E-state index is 0.236. The lowest BCUT2D eigenvalue weighted by Gasteiger charge is -2.28. The summed E-state index contributed by atoms with van der Waals surface area (Å²) in [6.45, 7) is 4.88. The molecule has 18 heavy (non-hydrogen) atoms. The Labute approximate surface area is 108 Å². The average molecular weight is 239 g/mol. The molecule has 1 aliphatic rings. The van der Waals surface area contributed by atoms with Gasteiger partial charge in [-0.1, -0.05) is 35.9 Å². The van der Waals surface area contributed by atoms with Crippen molar-refractivity contribution in [2.24, 2.45) is 0 Å². The van der Waals surface area contributed by atoms with Gasteiger partial charge in [0.1, 0.15) is 12.4 Å². The highest BCUT2D eigenvalue weighted by Crippen LogP contribution is 2.34. The van der Waals surface area contributed by atoms with Gasteiger partial charge in [-0.25, -0.2) is 0 Å². The lowest BCUT2D eigenvalue weighted by atomic mass is 10.0. The highest BCUT2D eigenvalue weighted by atomic mass is 16.5. The zero-order valence-corrected chi connectivity index (χ0v) is 10.7. The van der Waals surface area contributed by atoms with Gasteiger partial charge in [-0.2, -0.15) is 0 Å². The number of anilines is 1. The topological polar surface area (TPSA) is 21.3 Å². The Bertz CT molecular complexity index is 560. The molecular weight excluding hydrogens is 222 g/mol. The molecule has 1 heterocycles. The summed E-state index contributed by atoms with van der Waals surface area (Å²) in [5.41, 5.74) is 4.89. The van der Waals surface area contributed by atoms with Gasteiger partial charge < -0.3 is 10.1 Å². The fourth-order valence-electron chi connectivity index (χ4n) is 2.26. The van der Waals surface area contributed by atoms with E-state index in [2.05, 4.69) is 55.6 Å². The van der Waals surface area contributed by atoms with Crippen LogP contribution in [0.15, 0.2) is 42.5 Å². The Kier molecular flexibility index (Phi) is 2.71. The lowest BCUT2D eigenvalue weighted by molar-refractivity contribution is 0.286. The van der Waals surface area contributed by atoms with Gasteiger partial charge >= 0.3 is 0 Å². The van der Waals surface area contributed by atoms with E-state index in [0.717, 1.165) is 11.4 Å². The van der Waals surface area contributed by atoms with Crippen molar-refractivity contribution in [3.05, 3.63) is 59.2 Å². The summed E-state index contributed by atoms with van der Waals surface area (Å²) in [6.07, 6.45) is 0. The molecule has 0 bridgehead atoms. The molecule has 0 unspecified atom stereocenters. The van der Waals surface area contributed by atoms with Gasteiger partial charge in [-0.05, 0) is 37.1 Å². The van der Waals surface area contributed by atoms with Crippen molar-refractivity contribution in [1.29, 1.82) is 0 Å². The van der Waals surface area contributed by atoms with E-state index in [1.54, 1.807) is 0 Å². The van der Waals surface area contributed by atoms with E-state index in [1.165, 1.54) is 16.7 Å². The van der Waals surface area contributed by atoms with E-state index < -0.39 is 0 Å². The highest BCUT2D eigenvalue weighted by Gasteiger charge is 2.19. The van der Waals surface area contributed by atoms with Crippen LogP contribution in [0.3, 0.4) is 0 Å². The number of hydrogen-bond donors (Lipinski definition) is 1. The largest absolute Gasteiger partial charge is 0.489 e. The van der Waals surface area contributed by atoms with E-state index in [0.29, 0.717) is 6.61 Å². The molecule has 92 valence electrons. The van der Waals surface area contributed by atoms with Gasteiger partial charge in [-0.15, -0.1) is 0 Å². The number of benzene rings is 2. The Balaban J connectivity index is 1.88. The Morgan fingerprint density at radius 3 is 2.50 bits per heavy atom. The summed E-state index contributed by atoms with van der Waals surface area (Å²) in [7, 11) is 0. The van der Waals surface area contributed by atoms with Crippen molar-refractivity contribution < 1.29 is 4.74 Å². The van der Waals surface area contributed by atoms with Crippen LogP contribution in [0.1, 0.15) is 22.7 Å². The number of ether oxygens (including phenoxy) is 1. The van der Waals surface area contributed by atoms with Crippen molar-refractivity contribution in [1.82, 2.24) is 0 Å². The third-order valence-corrected chi connectivity index (χ3v) is 3.35. The van der Waals surface area contributed by atoms with Gasteiger partial charge in [-0.3, -0.25) is 0 Å². The zero-order valence-electron chi connectivity index (χ0n) is 10.7. The summed E-state index contributed by atoms with van der Waals surface area (Å²) in [6, 6.07) is 15.1. The van der Waals surface area contributed by atoms with Crippen LogP contribution in [0.4, 0.5) is 5.69 Å². The van der Waals surface area contributed by atoms with Crippen LogP contribution in [-0.4, -0.2) is 6.61 Å². The standard InChI is InChI=1S/C16H17NO/c1-11-3-6-13(7-4-11)15-10-18-16-8-5-12(2)9-14(16)17-15/h3-9,15,17H,10H2,1-2H3/t15-/m1/s1. The molecule has 1 aliphatic heterocycles. The first kappa shape index (κ1) is 11.1. The Morgan fingerprint density at radius 1 is 1.00 bits per heavy atom. The molecule has 0 fully saturated rings. The molecule has 0 spiro atoms. The molecule has 2 aromatic rings. The first-order chi connectivity index (χ1) is 8.72. The predicted octanol–water partition coefficient (Wildman–Crippen LogP) is 3.85. The second kappa shape index (κ2) is 4.37. The Hall–Kier alpha value is -1.96. The van der Waals surface area contributed by atoms with Crippen LogP contribution in [-0.2, 0) is 0 Å². The van der Waals surface area contributed by atoms with E-state index in [-0.39, 0.29) is 6.04 Å². The highest BCUT2D eigenvalue weighted by molar-refractivity contribution is 5.60. The molecule has 0 saturated heterocycles. The minimum absolute atomic E-state index is 0.236. The Morgan fingerprint density at radius 2 is 1.72 bits per heavy atom. The summed E-state index contributed by atoms with van der Waals surface area (Å²) in [4.78, 5) is 0. The van der Waals surface area contributed by atoms with E-state index in [4.69, 9.17) is 4.74 Å². The molecule has 2 heteroatoms. The molecule has 0 aliphatic carbocycles. The van der Waals surface area contributed by atoms with E-state index in [9.17, 15) is 0 Å². The van der Waals surface area contributed by atoms with Gasteiger partial charge in [0.2, 0.25) is 0 Å². The van der Waals surface area contributed by atoms with Gasteiger partial charge in [0, 0.05) is 0 Å². The molecule has 0 aromatic heterocycles. The maximum atomic E-state index is 5.81. The maximum absolute atomic E-state index is 5.81. The average Bonchev–Trinajstić information content (AvgIpc) is 2.38. The molecular formula is C16H17NO. The molecule has 2 aromatic carbocycles. The SMILES string of the molecule is Cc1ccc([C@H]2COc3ccc(C)cc3N2)cc1. The third kappa shape index (κ3) is 2.06. The number of aryl methyl sites for hydroxylation is 2. The monoisotopic (exact) mass is 239 g/mol.